The topological polar surface area (TPSA) is 127 Å². The minimum Gasteiger partial charge on any atom is -0.476 e. The van der Waals surface area contributed by atoms with Crippen LogP contribution in [0.25, 0.3) is 0 Å². The third-order valence-corrected chi connectivity index (χ3v) is 5.14. The monoisotopic (exact) mass is 426 g/mol. The zero-order chi connectivity index (χ0) is 21.5. The van der Waals surface area contributed by atoms with Gasteiger partial charge in [-0.05, 0) is 24.1 Å². The number of amides is 1. The zero-order valence-corrected chi connectivity index (χ0v) is 16.5. The molecule has 0 spiro atoms. The lowest BCUT2D eigenvalue weighted by molar-refractivity contribution is -0.384. The lowest BCUT2D eigenvalue weighted by atomic mass is 10.1. The molecule has 0 unspecified atom stereocenters. The molecule has 10 heteroatoms. The summed E-state index contributed by atoms with van der Waals surface area (Å²) >= 11 is 1.19. The molecule has 3 rings (SSSR count). The number of hydrogen-bond donors (Lipinski definition) is 2. The Balaban J connectivity index is 1.60. The van der Waals surface area contributed by atoms with Gasteiger partial charge < -0.3 is 10.4 Å². The highest BCUT2D eigenvalue weighted by molar-refractivity contribution is 8.00. The Kier molecular flexibility index (Phi) is 6.81. The number of carboxylic acid groups (broad SMARTS) is 1. The van der Waals surface area contributed by atoms with Crippen LogP contribution < -0.4 is 5.32 Å². The van der Waals surface area contributed by atoms with Crippen LogP contribution in [0.5, 0.6) is 0 Å². The Labute approximate surface area is 175 Å². The molecule has 1 heterocycles. The van der Waals surface area contributed by atoms with E-state index >= 15 is 0 Å². The van der Waals surface area contributed by atoms with E-state index in [4.69, 9.17) is 0 Å². The molecule has 2 aromatic carbocycles. The summed E-state index contributed by atoms with van der Waals surface area (Å²) in [7, 11) is 0. The maximum Gasteiger partial charge on any atom is 0.358 e. The Morgan fingerprint density at radius 1 is 1.13 bits per heavy atom. The van der Waals surface area contributed by atoms with E-state index in [1.54, 1.807) is 12.1 Å². The number of carboxylic acids is 1. The average molecular weight is 426 g/mol. The number of aromatic carboxylic acids is 1. The molecule has 0 saturated carbocycles. The first-order chi connectivity index (χ1) is 14.4. The smallest absolute Gasteiger partial charge is 0.358 e. The van der Waals surface area contributed by atoms with Crippen LogP contribution in [0.2, 0.25) is 0 Å². The van der Waals surface area contributed by atoms with E-state index in [0.29, 0.717) is 17.9 Å². The van der Waals surface area contributed by atoms with Crippen molar-refractivity contribution >= 4 is 35.0 Å². The number of anilines is 1. The van der Waals surface area contributed by atoms with Gasteiger partial charge in [-0.3, -0.25) is 19.6 Å². The summed E-state index contributed by atoms with van der Waals surface area (Å²) in [6.07, 6.45) is 2.17. The summed E-state index contributed by atoms with van der Waals surface area (Å²) in [5, 5.41) is 26.7. The van der Waals surface area contributed by atoms with Gasteiger partial charge in [-0.1, -0.05) is 30.3 Å². The van der Waals surface area contributed by atoms with Crippen LogP contribution in [0.15, 0.2) is 65.7 Å². The van der Waals surface area contributed by atoms with Gasteiger partial charge in [-0.25, -0.2) is 4.79 Å². The average Bonchev–Trinajstić information content (AvgIpc) is 3.14. The lowest BCUT2D eigenvalue weighted by Gasteiger charge is -2.04. The fraction of sp³-hybridized carbons (Fsp3) is 0.150. The van der Waals surface area contributed by atoms with Crippen LogP contribution in [0.3, 0.4) is 0 Å². The molecule has 9 nitrogen and oxygen atoms in total. The summed E-state index contributed by atoms with van der Waals surface area (Å²) in [5.41, 5.74) is 0.967. The Morgan fingerprint density at radius 3 is 2.47 bits per heavy atom. The van der Waals surface area contributed by atoms with Crippen molar-refractivity contribution in [3.05, 3.63) is 82.2 Å². The SMILES string of the molecule is O=C(CSc1ccc([N+](=O)[O-])cc1)Nc1cn(CCc2ccccc2)nc1C(=O)O. The van der Waals surface area contributed by atoms with E-state index in [1.807, 2.05) is 30.3 Å². The maximum atomic E-state index is 12.3. The molecule has 154 valence electrons. The van der Waals surface area contributed by atoms with Crippen molar-refractivity contribution in [2.75, 3.05) is 11.1 Å². The molecule has 0 saturated heterocycles. The number of nitro benzene ring substituents is 1. The van der Waals surface area contributed by atoms with Gasteiger partial charge in [-0.2, -0.15) is 5.10 Å². The third-order valence-electron chi connectivity index (χ3n) is 4.13. The predicted molar refractivity (Wildman–Crippen MR) is 112 cm³/mol. The van der Waals surface area contributed by atoms with Crippen molar-refractivity contribution in [1.29, 1.82) is 0 Å². The second-order valence-corrected chi connectivity index (χ2v) is 7.33. The molecular formula is C20H18N4O5S. The van der Waals surface area contributed by atoms with Crippen LogP contribution in [-0.2, 0) is 17.8 Å². The molecule has 1 aromatic heterocycles. The van der Waals surface area contributed by atoms with Crippen molar-refractivity contribution in [3.8, 4) is 0 Å². The normalized spacial score (nSPS) is 10.5. The summed E-state index contributed by atoms with van der Waals surface area (Å²) in [5.74, 6) is -1.61. The fourth-order valence-corrected chi connectivity index (χ4v) is 3.37. The van der Waals surface area contributed by atoms with Gasteiger partial charge >= 0.3 is 5.97 Å². The number of benzene rings is 2. The van der Waals surface area contributed by atoms with Crippen molar-refractivity contribution < 1.29 is 19.6 Å². The first kappa shape index (κ1) is 21.1. The van der Waals surface area contributed by atoms with Gasteiger partial charge in [0.15, 0.2) is 5.69 Å². The lowest BCUT2D eigenvalue weighted by Crippen LogP contribution is -2.15. The Morgan fingerprint density at radius 2 is 1.83 bits per heavy atom. The van der Waals surface area contributed by atoms with Gasteiger partial charge in [0, 0.05) is 29.8 Å². The quantitative estimate of drug-likeness (QED) is 0.305. The molecule has 2 N–H and O–H groups in total. The Bertz CT molecular complexity index is 1050. The van der Waals surface area contributed by atoms with Crippen molar-refractivity contribution in [3.63, 3.8) is 0 Å². The van der Waals surface area contributed by atoms with Crippen LogP contribution in [-0.4, -0.2) is 37.4 Å². The molecule has 0 bridgehead atoms. The van der Waals surface area contributed by atoms with E-state index in [2.05, 4.69) is 10.4 Å². The third kappa shape index (κ3) is 5.67. The van der Waals surface area contributed by atoms with E-state index < -0.39 is 16.8 Å². The van der Waals surface area contributed by atoms with Crippen molar-refractivity contribution in [2.24, 2.45) is 0 Å². The number of non-ortho nitro benzene ring substituents is 1. The van der Waals surface area contributed by atoms with Gasteiger partial charge in [0.1, 0.15) is 0 Å². The first-order valence-electron chi connectivity index (χ1n) is 8.94. The van der Waals surface area contributed by atoms with Gasteiger partial charge in [0.05, 0.1) is 16.4 Å². The largest absolute Gasteiger partial charge is 0.476 e. The molecule has 0 atom stereocenters. The zero-order valence-electron chi connectivity index (χ0n) is 15.7. The molecule has 1 amide bonds. The number of aromatic nitrogens is 2. The summed E-state index contributed by atoms with van der Waals surface area (Å²) in [6, 6.07) is 15.5. The first-order valence-corrected chi connectivity index (χ1v) is 9.92. The van der Waals surface area contributed by atoms with E-state index in [0.717, 1.165) is 5.56 Å². The highest BCUT2D eigenvalue weighted by Crippen LogP contribution is 2.22. The minimum absolute atomic E-state index is 0.0199. The van der Waals surface area contributed by atoms with Crippen LogP contribution in [0, 0.1) is 10.1 Å². The number of nitro groups is 1. The molecule has 0 aliphatic heterocycles. The van der Waals surface area contributed by atoms with Gasteiger partial charge in [-0.15, -0.1) is 11.8 Å². The summed E-state index contributed by atoms with van der Waals surface area (Å²) < 4.78 is 1.50. The summed E-state index contributed by atoms with van der Waals surface area (Å²) in [4.78, 5) is 34.6. The molecule has 0 aliphatic carbocycles. The fourth-order valence-electron chi connectivity index (χ4n) is 2.67. The number of rotatable bonds is 9. The molecule has 0 radical (unpaired) electrons. The van der Waals surface area contributed by atoms with Gasteiger partial charge in [0.25, 0.3) is 5.69 Å². The van der Waals surface area contributed by atoms with Crippen LogP contribution in [0.4, 0.5) is 11.4 Å². The number of nitrogens with zero attached hydrogens (tertiary/aromatic N) is 3. The van der Waals surface area contributed by atoms with Crippen molar-refractivity contribution in [1.82, 2.24) is 9.78 Å². The molecular weight excluding hydrogens is 408 g/mol. The Hall–Kier alpha value is -3.66. The van der Waals surface area contributed by atoms with E-state index in [1.165, 1.54) is 34.8 Å². The second-order valence-electron chi connectivity index (χ2n) is 6.28. The number of carbonyl (C=O) groups is 2. The molecule has 0 fully saturated rings. The number of hydrogen-bond acceptors (Lipinski definition) is 6. The molecule has 3 aromatic rings. The molecule has 30 heavy (non-hydrogen) atoms. The second kappa shape index (κ2) is 9.70. The minimum atomic E-state index is -1.23. The number of carbonyl (C=O) groups excluding carboxylic acids is 1. The number of thioether (sulfide) groups is 1. The van der Waals surface area contributed by atoms with Gasteiger partial charge in [0.2, 0.25) is 5.91 Å². The number of aryl methyl sites for hydroxylation is 2. The number of nitrogens with one attached hydrogen (secondary N) is 1. The standard InChI is InChI=1S/C20H18N4O5S/c25-18(13-30-16-8-6-15(7-9-16)24(28)29)21-17-12-23(22-19(17)20(26)27)11-10-14-4-2-1-3-5-14/h1-9,12H,10-11,13H2,(H,21,25)(H,26,27). The van der Waals surface area contributed by atoms with Crippen molar-refractivity contribution in [2.45, 2.75) is 17.9 Å². The van der Waals surface area contributed by atoms with Crippen LogP contribution in [0.1, 0.15) is 16.1 Å². The summed E-state index contributed by atoms with van der Waals surface area (Å²) in [6.45, 7) is 0.470. The highest BCUT2D eigenvalue weighted by atomic mass is 32.2. The molecule has 0 aliphatic rings. The highest BCUT2D eigenvalue weighted by Gasteiger charge is 2.18. The van der Waals surface area contributed by atoms with E-state index in [-0.39, 0.29) is 22.8 Å². The van der Waals surface area contributed by atoms with Crippen LogP contribution >= 0.6 is 11.8 Å². The van der Waals surface area contributed by atoms with E-state index in [9.17, 15) is 24.8 Å². The maximum absolute atomic E-state index is 12.3. The predicted octanol–water partition coefficient (Wildman–Crippen LogP) is 3.46.